The number of hydrogen-bond acceptors (Lipinski definition) is 8. The van der Waals surface area contributed by atoms with Gasteiger partial charge >= 0.3 is 0 Å². The van der Waals surface area contributed by atoms with E-state index in [1.54, 1.807) is 0 Å². The van der Waals surface area contributed by atoms with Crippen LogP contribution in [0.15, 0.2) is 0 Å². The van der Waals surface area contributed by atoms with Crippen LogP contribution < -0.4 is 10.6 Å². The fourth-order valence-electron chi connectivity index (χ4n) is 2.76. The Labute approximate surface area is 146 Å². The van der Waals surface area contributed by atoms with Gasteiger partial charge in [0, 0.05) is 52.4 Å². The van der Waals surface area contributed by atoms with E-state index in [9.17, 15) is 10.2 Å². The summed E-state index contributed by atoms with van der Waals surface area (Å²) >= 11 is 0. The third-order valence-corrected chi connectivity index (χ3v) is 4.02. The van der Waals surface area contributed by atoms with Gasteiger partial charge in [0.25, 0.3) is 0 Å². The fourth-order valence-corrected chi connectivity index (χ4v) is 2.76. The summed E-state index contributed by atoms with van der Waals surface area (Å²) in [6.45, 7) is 9.81. The van der Waals surface area contributed by atoms with E-state index < -0.39 is 0 Å². The second-order valence-electron chi connectivity index (χ2n) is 6.25. The van der Waals surface area contributed by atoms with Crippen LogP contribution in [0.5, 0.6) is 0 Å². The number of aliphatic hydroxyl groups excluding tert-OH is 2. The van der Waals surface area contributed by atoms with Crippen molar-refractivity contribution in [2.24, 2.45) is 0 Å². The Bertz CT molecular complexity index is 259. The molecule has 2 atom stereocenters. The minimum atomic E-state index is -0.256. The fraction of sp³-hybridized carbons (Fsp3) is 1.00. The molecular weight excluding hydrogens is 312 g/mol. The maximum absolute atomic E-state index is 9.46. The summed E-state index contributed by atoms with van der Waals surface area (Å²) < 4.78 is 10.4. The van der Waals surface area contributed by atoms with Crippen LogP contribution in [0.1, 0.15) is 0 Å². The number of nitrogens with zero attached hydrogens (tertiary/aromatic N) is 2. The highest BCUT2D eigenvalue weighted by atomic mass is 16.5. The zero-order valence-corrected chi connectivity index (χ0v) is 15.2. The molecular formula is C16H36N4O4. The van der Waals surface area contributed by atoms with Gasteiger partial charge in [-0.15, -0.1) is 0 Å². The Morgan fingerprint density at radius 1 is 0.750 bits per heavy atom. The highest BCUT2D eigenvalue weighted by Gasteiger charge is 2.14. The van der Waals surface area contributed by atoms with Gasteiger partial charge in [-0.2, -0.15) is 0 Å². The van der Waals surface area contributed by atoms with Crippen molar-refractivity contribution in [1.82, 2.24) is 20.4 Å². The molecule has 0 saturated carbocycles. The second kappa shape index (κ2) is 13.9. The first-order valence-electron chi connectivity index (χ1n) is 8.91. The van der Waals surface area contributed by atoms with Gasteiger partial charge in [-0.1, -0.05) is 0 Å². The molecule has 2 rings (SSSR count). The standard InChI is InChI=1S/2C8H18N2O2/c2*1-9-6-8(11)7-10-2-4-12-5-3-10/h2*8-9,11H,2-7H2,1H3/t2*8-/m10/s1. The van der Waals surface area contributed by atoms with Crippen molar-refractivity contribution in [3.8, 4) is 0 Å². The summed E-state index contributed by atoms with van der Waals surface area (Å²) in [5.74, 6) is 0. The number of hydrogen-bond donors (Lipinski definition) is 4. The Hall–Kier alpha value is -0.320. The normalized spacial score (nSPS) is 22.5. The average Bonchev–Trinajstić information content (AvgIpc) is 2.58. The van der Waals surface area contributed by atoms with Crippen molar-refractivity contribution >= 4 is 0 Å². The number of β-amino-alcohol motifs (C(OH)–C–C–N with tert-alkyl or cyclic N) is 2. The smallest absolute Gasteiger partial charge is 0.0791 e. The lowest BCUT2D eigenvalue weighted by Crippen LogP contribution is -2.43. The maximum Gasteiger partial charge on any atom is 0.0791 e. The van der Waals surface area contributed by atoms with E-state index in [1.807, 2.05) is 14.1 Å². The van der Waals surface area contributed by atoms with Crippen LogP contribution in [0.3, 0.4) is 0 Å². The minimum absolute atomic E-state index is 0.256. The van der Waals surface area contributed by atoms with Gasteiger partial charge in [0.05, 0.1) is 38.6 Å². The minimum Gasteiger partial charge on any atom is -0.390 e. The van der Waals surface area contributed by atoms with Gasteiger partial charge in [-0.25, -0.2) is 0 Å². The first-order valence-corrected chi connectivity index (χ1v) is 8.91. The van der Waals surface area contributed by atoms with Gasteiger partial charge in [0.1, 0.15) is 0 Å². The Balaban J connectivity index is 0.000000240. The van der Waals surface area contributed by atoms with Crippen molar-refractivity contribution in [1.29, 1.82) is 0 Å². The highest BCUT2D eigenvalue weighted by molar-refractivity contribution is 4.69. The molecule has 2 aliphatic heterocycles. The maximum atomic E-state index is 9.46. The number of likely N-dealkylation sites (N-methyl/N-ethyl adjacent to an activating group) is 2. The molecule has 0 amide bonds. The van der Waals surface area contributed by atoms with Crippen molar-refractivity contribution in [3.63, 3.8) is 0 Å². The molecule has 0 unspecified atom stereocenters. The van der Waals surface area contributed by atoms with E-state index in [1.165, 1.54) is 0 Å². The molecule has 0 bridgehead atoms. The van der Waals surface area contributed by atoms with Crippen molar-refractivity contribution in [2.75, 3.05) is 92.9 Å². The summed E-state index contributed by atoms with van der Waals surface area (Å²) in [6, 6.07) is 0. The number of nitrogens with one attached hydrogen (secondary N) is 2. The van der Waals surface area contributed by atoms with Crippen LogP contribution in [-0.2, 0) is 9.47 Å². The second-order valence-corrected chi connectivity index (χ2v) is 6.25. The lowest BCUT2D eigenvalue weighted by Gasteiger charge is -2.28. The van der Waals surface area contributed by atoms with E-state index in [2.05, 4.69) is 20.4 Å². The van der Waals surface area contributed by atoms with Gasteiger partial charge in [0.2, 0.25) is 0 Å². The van der Waals surface area contributed by atoms with Crippen molar-refractivity contribution < 1.29 is 19.7 Å². The number of aliphatic hydroxyl groups is 2. The van der Waals surface area contributed by atoms with E-state index in [0.717, 1.165) is 65.7 Å². The van der Waals surface area contributed by atoms with E-state index >= 15 is 0 Å². The zero-order valence-electron chi connectivity index (χ0n) is 15.2. The van der Waals surface area contributed by atoms with Gasteiger partial charge < -0.3 is 30.3 Å². The summed E-state index contributed by atoms with van der Waals surface area (Å²) in [4.78, 5) is 4.46. The zero-order chi connectivity index (χ0) is 17.6. The Kier molecular flexibility index (Phi) is 12.6. The largest absolute Gasteiger partial charge is 0.390 e. The van der Waals surface area contributed by atoms with Crippen LogP contribution in [0.4, 0.5) is 0 Å². The van der Waals surface area contributed by atoms with Crippen LogP contribution in [-0.4, -0.2) is 125 Å². The molecule has 4 N–H and O–H groups in total. The molecule has 0 aromatic rings. The first-order chi connectivity index (χ1) is 11.7. The molecule has 0 radical (unpaired) electrons. The van der Waals surface area contributed by atoms with Gasteiger partial charge in [-0.05, 0) is 14.1 Å². The molecule has 2 heterocycles. The molecule has 144 valence electrons. The highest BCUT2D eigenvalue weighted by Crippen LogP contribution is 1.98. The molecule has 0 aromatic heterocycles. The molecule has 2 aliphatic rings. The topological polar surface area (TPSA) is 89.5 Å². The van der Waals surface area contributed by atoms with Crippen LogP contribution >= 0.6 is 0 Å². The van der Waals surface area contributed by atoms with E-state index in [4.69, 9.17) is 9.47 Å². The molecule has 2 fully saturated rings. The van der Waals surface area contributed by atoms with Crippen molar-refractivity contribution in [2.45, 2.75) is 12.2 Å². The van der Waals surface area contributed by atoms with Crippen LogP contribution in [0, 0.1) is 0 Å². The molecule has 0 aromatic carbocycles. The van der Waals surface area contributed by atoms with Gasteiger partial charge in [-0.3, -0.25) is 9.80 Å². The quantitative estimate of drug-likeness (QED) is 0.393. The number of morpholine rings is 2. The first kappa shape index (κ1) is 21.7. The summed E-state index contributed by atoms with van der Waals surface area (Å²) in [7, 11) is 3.70. The molecule has 0 aliphatic carbocycles. The molecule has 2 saturated heterocycles. The van der Waals surface area contributed by atoms with Crippen LogP contribution in [0.25, 0.3) is 0 Å². The average molecular weight is 348 g/mol. The summed E-state index contributed by atoms with van der Waals surface area (Å²) in [5.41, 5.74) is 0. The number of rotatable bonds is 8. The van der Waals surface area contributed by atoms with Crippen LogP contribution in [0.2, 0.25) is 0 Å². The lowest BCUT2D eigenvalue weighted by molar-refractivity contribution is 0.0151. The van der Waals surface area contributed by atoms with E-state index in [0.29, 0.717) is 13.1 Å². The summed E-state index contributed by atoms with van der Waals surface area (Å²) in [6.07, 6.45) is -0.513. The van der Waals surface area contributed by atoms with E-state index in [-0.39, 0.29) is 12.2 Å². The molecule has 8 heteroatoms. The monoisotopic (exact) mass is 348 g/mol. The predicted molar refractivity (Wildman–Crippen MR) is 94.4 cm³/mol. The summed E-state index contributed by atoms with van der Waals surface area (Å²) in [5, 5.41) is 24.8. The predicted octanol–water partition coefficient (Wildman–Crippen LogP) is -2.20. The Morgan fingerprint density at radius 2 is 1.08 bits per heavy atom. The van der Waals surface area contributed by atoms with Gasteiger partial charge in [0.15, 0.2) is 0 Å². The third kappa shape index (κ3) is 10.5. The molecule has 0 spiro atoms. The molecule has 8 nitrogen and oxygen atoms in total. The Morgan fingerprint density at radius 3 is 1.38 bits per heavy atom. The number of ether oxygens (including phenoxy) is 2. The third-order valence-electron chi connectivity index (χ3n) is 4.02. The van der Waals surface area contributed by atoms with Crippen molar-refractivity contribution in [3.05, 3.63) is 0 Å². The lowest BCUT2D eigenvalue weighted by atomic mass is 10.3. The molecule has 24 heavy (non-hydrogen) atoms. The SMILES string of the molecule is CNC[C@@H](O)CN1CCOCC1.CNC[C@H](O)CN1CCOCC1.